The minimum absolute atomic E-state index is 0.357. The first-order valence-electron chi connectivity index (χ1n) is 7.11. The SMILES string of the molecule is CC(C)N1CCN(C2CN(C(C)(C)C)C2)CC1. The third-order valence-corrected chi connectivity index (χ3v) is 4.41. The molecule has 0 aromatic heterocycles. The van der Waals surface area contributed by atoms with Gasteiger partial charge in [-0.2, -0.15) is 0 Å². The Morgan fingerprint density at radius 3 is 1.88 bits per heavy atom. The number of nitrogens with zero attached hydrogens (tertiary/aromatic N) is 3. The second-order valence-electron chi connectivity index (χ2n) is 6.90. The van der Waals surface area contributed by atoms with Crippen molar-refractivity contribution in [2.75, 3.05) is 39.3 Å². The van der Waals surface area contributed by atoms with Crippen molar-refractivity contribution in [3.05, 3.63) is 0 Å². The summed E-state index contributed by atoms with van der Waals surface area (Å²) < 4.78 is 0. The minimum atomic E-state index is 0.357. The van der Waals surface area contributed by atoms with E-state index < -0.39 is 0 Å². The summed E-state index contributed by atoms with van der Waals surface area (Å²) in [4.78, 5) is 7.88. The van der Waals surface area contributed by atoms with E-state index in [2.05, 4.69) is 49.3 Å². The van der Waals surface area contributed by atoms with Gasteiger partial charge in [-0.3, -0.25) is 14.7 Å². The average molecular weight is 239 g/mol. The van der Waals surface area contributed by atoms with Gasteiger partial charge in [-0.15, -0.1) is 0 Å². The predicted molar refractivity (Wildman–Crippen MR) is 73.4 cm³/mol. The lowest BCUT2D eigenvalue weighted by Crippen LogP contribution is -2.67. The molecule has 3 heteroatoms. The highest BCUT2D eigenvalue weighted by atomic mass is 15.4. The van der Waals surface area contributed by atoms with Gasteiger partial charge < -0.3 is 0 Å². The first-order chi connectivity index (χ1) is 7.88. The van der Waals surface area contributed by atoms with E-state index in [-0.39, 0.29) is 0 Å². The van der Waals surface area contributed by atoms with E-state index in [1.54, 1.807) is 0 Å². The number of rotatable bonds is 2. The highest BCUT2D eigenvalue weighted by Crippen LogP contribution is 2.25. The second kappa shape index (κ2) is 4.87. The Balaban J connectivity index is 1.73. The molecular weight excluding hydrogens is 210 g/mol. The van der Waals surface area contributed by atoms with Crippen molar-refractivity contribution in [3.63, 3.8) is 0 Å². The fourth-order valence-corrected chi connectivity index (χ4v) is 2.85. The maximum atomic E-state index is 2.70. The lowest BCUT2D eigenvalue weighted by atomic mass is 9.96. The topological polar surface area (TPSA) is 9.72 Å². The zero-order valence-corrected chi connectivity index (χ0v) is 12.2. The van der Waals surface area contributed by atoms with Gasteiger partial charge in [0.1, 0.15) is 0 Å². The summed E-state index contributed by atoms with van der Waals surface area (Å²) >= 11 is 0. The summed E-state index contributed by atoms with van der Waals surface area (Å²) in [7, 11) is 0. The third kappa shape index (κ3) is 3.01. The number of likely N-dealkylation sites (tertiary alicyclic amines) is 1. The van der Waals surface area contributed by atoms with Crippen molar-refractivity contribution < 1.29 is 0 Å². The number of piperazine rings is 1. The zero-order valence-electron chi connectivity index (χ0n) is 12.2. The summed E-state index contributed by atoms with van der Waals surface area (Å²) in [5.74, 6) is 0. The number of hydrogen-bond donors (Lipinski definition) is 0. The maximum Gasteiger partial charge on any atom is 0.0351 e. The van der Waals surface area contributed by atoms with E-state index in [1.807, 2.05) is 0 Å². The van der Waals surface area contributed by atoms with Crippen LogP contribution in [0.5, 0.6) is 0 Å². The molecule has 2 aliphatic heterocycles. The quantitative estimate of drug-likeness (QED) is 0.723. The predicted octanol–water partition coefficient (Wildman–Crippen LogP) is 1.50. The lowest BCUT2D eigenvalue weighted by Gasteiger charge is -2.53. The standard InChI is InChI=1S/C14H29N3/c1-12(2)15-6-8-16(9-7-15)13-10-17(11-13)14(3,4)5/h12-13H,6-11H2,1-5H3. The first-order valence-corrected chi connectivity index (χ1v) is 7.11. The lowest BCUT2D eigenvalue weighted by molar-refractivity contribution is -0.0403. The molecule has 0 aromatic carbocycles. The van der Waals surface area contributed by atoms with Gasteiger partial charge in [-0.1, -0.05) is 0 Å². The highest BCUT2D eigenvalue weighted by Gasteiger charge is 2.38. The summed E-state index contributed by atoms with van der Waals surface area (Å²) in [5, 5.41) is 0. The highest BCUT2D eigenvalue weighted by molar-refractivity contribution is 4.95. The van der Waals surface area contributed by atoms with Crippen LogP contribution in [0.2, 0.25) is 0 Å². The van der Waals surface area contributed by atoms with Crippen molar-refractivity contribution in [2.24, 2.45) is 0 Å². The molecule has 0 aliphatic carbocycles. The Hall–Kier alpha value is -0.120. The molecule has 0 N–H and O–H groups in total. The van der Waals surface area contributed by atoms with Crippen LogP contribution in [-0.4, -0.2) is 71.6 Å². The van der Waals surface area contributed by atoms with E-state index in [0.29, 0.717) is 11.6 Å². The van der Waals surface area contributed by atoms with Crippen LogP contribution in [0, 0.1) is 0 Å². The van der Waals surface area contributed by atoms with Gasteiger partial charge in [0, 0.05) is 56.9 Å². The fraction of sp³-hybridized carbons (Fsp3) is 1.00. The number of hydrogen-bond acceptors (Lipinski definition) is 3. The molecule has 2 rings (SSSR count). The summed E-state index contributed by atoms with van der Waals surface area (Å²) in [6.45, 7) is 19.1. The Labute approximate surface area is 107 Å². The van der Waals surface area contributed by atoms with Crippen LogP contribution in [0.3, 0.4) is 0 Å². The van der Waals surface area contributed by atoms with Gasteiger partial charge in [0.05, 0.1) is 0 Å². The molecule has 0 atom stereocenters. The van der Waals surface area contributed by atoms with Crippen LogP contribution in [0.25, 0.3) is 0 Å². The van der Waals surface area contributed by atoms with Gasteiger partial charge in [0.25, 0.3) is 0 Å². The van der Waals surface area contributed by atoms with Crippen molar-refractivity contribution in [3.8, 4) is 0 Å². The molecule has 100 valence electrons. The van der Waals surface area contributed by atoms with E-state index >= 15 is 0 Å². The summed E-state index contributed by atoms with van der Waals surface area (Å²) in [6, 6.07) is 1.54. The monoisotopic (exact) mass is 239 g/mol. The van der Waals surface area contributed by atoms with Crippen molar-refractivity contribution in [2.45, 2.75) is 52.2 Å². The van der Waals surface area contributed by atoms with Gasteiger partial charge in [-0.25, -0.2) is 0 Å². The van der Waals surface area contributed by atoms with Crippen LogP contribution in [0.4, 0.5) is 0 Å². The smallest absolute Gasteiger partial charge is 0.0351 e. The van der Waals surface area contributed by atoms with Crippen LogP contribution in [0.1, 0.15) is 34.6 Å². The summed E-state index contributed by atoms with van der Waals surface area (Å²) in [6.07, 6.45) is 0. The molecule has 2 heterocycles. The van der Waals surface area contributed by atoms with Crippen molar-refractivity contribution in [1.82, 2.24) is 14.7 Å². The molecule has 0 spiro atoms. The van der Waals surface area contributed by atoms with Gasteiger partial charge in [0.2, 0.25) is 0 Å². The fourth-order valence-electron chi connectivity index (χ4n) is 2.85. The molecule has 2 fully saturated rings. The molecule has 0 amide bonds. The Morgan fingerprint density at radius 1 is 0.941 bits per heavy atom. The Morgan fingerprint density at radius 2 is 1.47 bits per heavy atom. The molecule has 17 heavy (non-hydrogen) atoms. The van der Waals surface area contributed by atoms with Crippen LogP contribution in [0.15, 0.2) is 0 Å². The van der Waals surface area contributed by atoms with Gasteiger partial charge >= 0.3 is 0 Å². The Kier molecular flexibility index (Phi) is 3.81. The molecule has 0 radical (unpaired) electrons. The third-order valence-electron chi connectivity index (χ3n) is 4.41. The Bertz CT molecular complexity index is 243. The second-order valence-corrected chi connectivity index (χ2v) is 6.90. The molecule has 0 aromatic rings. The van der Waals surface area contributed by atoms with Gasteiger partial charge in [-0.05, 0) is 34.6 Å². The first kappa shape index (κ1) is 13.3. The molecule has 0 saturated carbocycles. The summed E-state index contributed by atoms with van der Waals surface area (Å²) in [5.41, 5.74) is 0.357. The van der Waals surface area contributed by atoms with Crippen LogP contribution >= 0.6 is 0 Å². The van der Waals surface area contributed by atoms with E-state index in [4.69, 9.17) is 0 Å². The largest absolute Gasteiger partial charge is 0.298 e. The molecule has 3 nitrogen and oxygen atoms in total. The normalized spacial score (nSPS) is 26.5. The van der Waals surface area contributed by atoms with Crippen molar-refractivity contribution >= 4 is 0 Å². The van der Waals surface area contributed by atoms with Crippen LogP contribution in [-0.2, 0) is 0 Å². The van der Waals surface area contributed by atoms with E-state index in [9.17, 15) is 0 Å². The maximum absolute atomic E-state index is 2.70. The van der Waals surface area contributed by atoms with Crippen LogP contribution < -0.4 is 0 Å². The molecule has 0 bridgehead atoms. The molecule has 2 aliphatic rings. The zero-order chi connectivity index (χ0) is 12.6. The van der Waals surface area contributed by atoms with Gasteiger partial charge in [0.15, 0.2) is 0 Å². The van der Waals surface area contributed by atoms with E-state index in [0.717, 1.165) is 6.04 Å². The minimum Gasteiger partial charge on any atom is -0.298 e. The molecule has 0 unspecified atom stereocenters. The van der Waals surface area contributed by atoms with Crippen molar-refractivity contribution in [1.29, 1.82) is 0 Å². The molecule has 2 saturated heterocycles. The molecular formula is C14H29N3. The van der Waals surface area contributed by atoms with E-state index in [1.165, 1.54) is 39.3 Å². The average Bonchev–Trinajstić information content (AvgIpc) is 2.13.